The summed E-state index contributed by atoms with van der Waals surface area (Å²) in [5.74, 6) is 0.888. The van der Waals surface area contributed by atoms with E-state index in [9.17, 15) is 4.79 Å². The Kier molecular flexibility index (Phi) is 3.31. The Balaban J connectivity index is 1.73. The highest BCUT2D eigenvalue weighted by molar-refractivity contribution is 5.75. The van der Waals surface area contributed by atoms with Gasteiger partial charge in [-0.1, -0.05) is 17.7 Å². The van der Waals surface area contributed by atoms with Crippen LogP contribution in [-0.2, 0) is 4.79 Å². The second-order valence-corrected chi connectivity index (χ2v) is 5.99. The maximum atomic E-state index is 11.1. The average Bonchev–Trinajstić information content (AvgIpc) is 2.74. The molecule has 2 aliphatic rings. The minimum atomic E-state index is 0.294. The van der Waals surface area contributed by atoms with Crippen LogP contribution in [0, 0.1) is 6.92 Å². The summed E-state index contributed by atoms with van der Waals surface area (Å²) in [6, 6.07) is 7.30. The molecule has 0 aliphatic carbocycles. The van der Waals surface area contributed by atoms with E-state index in [4.69, 9.17) is 0 Å². The minimum absolute atomic E-state index is 0.294. The van der Waals surface area contributed by atoms with Crippen LogP contribution in [0.3, 0.4) is 0 Å². The van der Waals surface area contributed by atoms with E-state index in [-0.39, 0.29) is 0 Å². The normalized spacial score (nSPS) is 25.6. The van der Waals surface area contributed by atoms with Crippen molar-refractivity contribution in [2.24, 2.45) is 0 Å². The molecule has 19 heavy (non-hydrogen) atoms. The quantitative estimate of drug-likeness (QED) is 0.904. The lowest BCUT2D eigenvalue weighted by atomic mass is 9.88. The van der Waals surface area contributed by atoms with Crippen molar-refractivity contribution in [1.29, 1.82) is 0 Å². The monoisotopic (exact) mass is 258 g/mol. The van der Waals surface area contributed by atoms with Crippen molar-refractivity contribution in [3.8, 4) is 0 Å². The molecule has 0 amide bonds. The van der Waals surface area contributed by atoms with Gasteiger partial charge in [-0.3, -0.25) is 4.79 Å². The van der Waals surface area contributed by atoms with Crippen LogP contribution in [-0.4, -0.2) is 36.4 Å². The number of nitrogens with zero attached hydrogens (tertiary/aromatic N) is 1. The molecule has 1 fully saturated rings. The Morgan fingerprint density at radius 2 is 2.32 bits per heavy atom. The fraction of sp³-hybridized carbons (Fsp3) is 0.562. The van der Waals surface area contributed by atoms with Gasteiger partial charge in [-0.05, 0) is 31.9 Å². The van der Waals surface area contributed by atoms with Gasteiger partial charge in [0.15, 0.2) is 0 Å². The predicted molar refractivity (Wildman–Crippen MR) is 77.7 cm³/mol. The van der Waals surface area contributed by atoms with E-state index in [0.717, 1.165) is 19.6 Å². The van der Waals surface area contributed by atoms with Gasteiger partial charge in [-0.2, -0.15) is 0 Å². The molecule has 0 spiro atoms. The highest BCUT2D eigenvalue weighted by Crippen LogP contribution is 2.40. The first kappa shape index (κ1) is 12.7. The number of carbonyl (C=O) groups is 1. The van der Waals surface area contributed by atoms with Crippen molar-refractivity contribution in [2.75, 3.05) is 25.0 Å². The average molecular weight is 258 g/mol. The van der Waals surface area contributed by atoms with Crippen molar-refractivity contribution in [3.63, 3.8) is 0 Å². The smallest absolute Gasteiger partial charge is 0.131 e. The van der Waals surface area contributed by atoms with Crippen LogP contribution in [0.4, 0.5) is 5.69 Å². The molecule has 102 valence electrons. The summed E-state index contributed by atoms with van der Waals surface area (Å²) in [4.78, 5) is 13.6. The largest absolute Gasteiger partial charge is 0.381 e. The Labute approximate surface area is 115 Å². The Hall–Kier alpha value is -1.35. The maximum Gasteiger partial charge on any atom is 0.131 e. The number of nitrogens with one attached hydrogen (secondary N) is 1. The number of likely N-dealkylation sites (tertiary alicyclic amines) is 1. The maximum absolute atomic E-state index is 11.1. The molecular weight excluding hydrogens is 236 g/mol. The van der Waals surface area contributed by atoms with Crippen LogP contribution in [0.1, 0.15) is 36.8 Å². The molecule has 2 heterocycles. The van der Waals surface area contributed by atoms with Gasteiger partial charge in [0, 0.05) is 43.7 Å². The fourth-order valence-electron chi connectivity index (χ4n) is 3.35. The third-order valence-corrected chi connectivity index (χ3v) is 4.42. The molecule has 3 heteroatoms. The Bertz CT molecular complexity index is 498. The number of hydrogen-bond donors (Lipinski definition) is 1. The number of piperidine rings is 1. The number of hydrogen-bond acceptors (Lipinski definition) is 3. The van der Waals surface area contributed by atoms with Gasteiger partial charge < -0.3 is 10.2 Å². The number of aryl methyl sites for hydroxylation is 1. The molecular formula is C16H22N2O. The van der Waals surface area contributed by atoms with Gasteiger partial charge >= 0.3 is 0 Å². The molecule has 2 atom stereocenters. The lowest BCUT2D eigenvalue weighted by Crippen LogP contribution is -2.42. The van der Waals surface area contributed by atoms with Crippen molar-refractivity contribution < 1.29 is 4.79 Å². The van der Waals surface area contributed by atoms with Crippen LogP contribution >= 0.6 is 0 Å². The summed E-state index contributed by atoms with van der Waals surface area (Å²) in [5, 5.41) is 3.66. The SMILES string of the molecule is CC(=O)CCN1CC[C@H]2Nc3ccc(C)cc3[C@H]2C1. The Morgan fingerprint density at radius 1 is 1.47 bits per heavy atom. The van der Waals surface area contributed by atoms with Crippen LogP contribution in [0.5, 0.6) is 0 Å². The number of Topliss-reactive ketones (excluding diaryl/α,β-unsaturated/α-hetero) is 1. The molecule has 0 bridgehead atoms. The molecule has 2 aliphatic heterocycles. The van der Waals surface area contributed by atoms with Gasteiger partial charge in [0.05, 0.1) is 0 Å². The van der Waals surface area contributed by atoms with Gasteiger partial charge in [0.2, 0.25) is 0 Å². The molecule has 0 unspecified atom stereocenters. The van der Waals surface area contributed by atoms with E-state index in [2.05, 4.69) is 35.3 Å². The summed E-state index contributed by atoms with van der Waals surface area (Å²) < 4.78 is 0. The standard InChI is InChI=1S/C16H22N2O/c1-11-3-4-15-13(9-11)14-10-18(7-5-12(2)19)8-6-16(14)17-15/h3-4,9,14,16-17H,5-8,10H2,1-2H3/t14-,16-/m1/s1. The first-order valence-electron chi connectivity index (χ1n) is 7.22. The number of benzene rings is 1. The van der Waals surface area contributed by atoms with E-state index >= 15 is 0 Å². The number of carbonyl (C=O) groups excluding carboxylic acids is 1. The first-order chi connectivity index (χ1) is 9.13. The van der Waals surface area contributed by atoms with Gasteiger partial charge in [-0.25, -0.2) is 0 Å². The van der Waals surface area contributed by atoms with Crippen LogP contribution in [0.15, 0.2) is 18.2 Å². The highest BCUT2D eigenvalue weighted by atomic mass is 16.1. The summed E-state index contributed by atoms with van der Waals surface area (Å²) in [6.07, 6.45) is 1.86. The Morgan fingerprint density at radius 3 is 3.11 bits per heavy atom. The number of anilines is 1. The zero-order chi connectivity index (χ0) is 13.4. The van der Waals surface area contributed by atoms with Crippen molar-refractivity contribution in [1.82, 2.24) is 4.90 Å². The van der Waals surface area contributed by atoms with E-state index < -0.39 is 0 Å². The van der Waals surface area contributed by atoms with Crippen LogP contribution < -0.4 is 5.32 Å². The lowest BCUT2D eigenvalue weighted by Gasteiger charge is -2.35. The van der Waals surface area contributed by atoms with E-state index in [1.807, 2.05) is 0 Å². The predicted octanol–water partition coefficient (Wildman–Crippen LogP) is 2.56. The molecule has 1 aromatic rings. The van der Waals surface area contributed by atoms with E-state index in [1.54, 1.807) is 6.92 Å². The van der Waals surface area contributed by atoms with E-state index in [1.165, 1.54) is 23.2 Å². The zero-order valence-electron chi connectivity index (χ0n) is 11.8. The van der Waals surface area contributed by atoms with Crippen LogP contribution in [0.2, 0.25) is 0 Å². The highest BCUT2D eigenvalue weighted by Gasteiger charge is 2.36. The first-order valence-corrected chi connectivity index (χ1v) is 7.22. The minimum Gasteiger partial charge on any atom is -0.381 e. The molecule has 1 N–H and O–H groups in total. The topological polar surface area (TPSA) is 32.3 Å². The summed E-state index contributed by atoms with van der Waals surface area (Å²) in [5.41, 5.74) is 4.12. The second kappa shape index (κ2) is 4.97. The van der Waals surface area contributed by atoms with Crippen molar-refractivity contribution in [2.45, 2.75) is 38.6 Å². The molecule has 3 nitrogen and oxygen atoms in total. The summed E-state index contributed by atoms with van der Waals surface area (Å²) in [7, 11) is 0. The summed E-state index contributed by atoms with van der Waals surface area (Å²) >= 11 is 0. The summed E-state index contributed by atoms with van der Waals surface area (Å²) in [6.45, 7) is 6.95. The molecule has 0 radical (unpaired) electrons. The molecule has 1 aromatic carbocycles. The van der Waals surface area contributed by atoms with Crippen molar-refractivity contribution in [3.05, 3.63) is 29.3 Å². The fourth-order valence-corrected chi connectivity index (χ4v) is 3.35. The molecule has 1 saturated heterocycles. The van der Waals surface area contributed by atoms with E-state index in [0.29, 0.717) is 24.2 Å². The third kappa shape index (κ3) is 2.52. The van der Waals surface area contributed by atoms with Gasteiger partial charge in [0.1, 0.15) is 5.78 Å². The zero-order valence-corrected chi connectivity index (χ0v) is 11.8. The van der Waals surface area contributed by atoms with Crippen molar-refractivity contribution >= 4 is 11.5 Å². The number of ketones is 1. The third-order valence-electron chi connectivity index (χ3n) is 4.42. The van der Waals surface area contributed by atoms with Crippen LogP contribution in [0.25, 0.3) is 0 Å². The molecule has 0 saturated carbocycles. The second-order valence-electron chi connectivity index (χ2n) is 5.99. The molecule has 3 rings (SSSR count). The molecule has 0 aromatic heterocycles. The number of fused-ring (bicyclic) bond motifs is 3. The van der Waals surface area contributed by atoms with Gasteiger partial charge in [0.25, 0.3) is 0 Å². The van der Waals surface area contributed by atoms with Gasteiger partial charge in [-0.15, -0.1) is 0 Å². The number of rotatable bonds is 3. The lowest BCUT2D eigenvalue weighted by molar-refractivity contribution is -0.117.